The fraction of sp³-hybridized carbons (Fsp3) is 0.600. The van der Waals surface area contributed by atoms with Crippen LogP contribution in [0.1, 0.15) is 32.1 Å². The zero-order valence-electron chi connectivity index (χ0n) is 11.9. The molecule has 3 rings (SSSR count). The minimum atomic E-state index is 0.748. The van der Waals surface area contributed by atoms with E-state index in [1.165, 1.54) is 16.7 Å². The van der Waals surface area contributed by atoms with E-state index in [2.05, 4.69) is 41.7 Å². The average molecular weight is 275 g/mol. The Hall–Kier alpha value is -1.16. The van der Waals surface area contributed by atoms with Gasteiger partial charge in [0.15, 0.2) is 0 Å². The Bertz CT molecular complexity index is 568. The highest BCUT2D eigenvalue weighted by Gasteiger charge is 2.24. The fourth-order valence-electron chi connectivity index (χ4n) is 3.16. The Morgan fingerprint density at radius 1 is 1.26 bits per heavy atom. The van der Waals surface area contributed by atoms with Crippen LogP contribution in [0.25, 0.3) is 10.2 Å². The van der Waals surface area contributed by atoms with Crippen LogP contribution < -0.4 is 4.90 Å². The van der Waals surface area contributed by atoms with Crippen molar-refractivity contribution in [2.45, 2.75) is 33.6 Å². The van der Waals surface area contributed by atoms with E-state index in [1.54, 1.807) is 17.7 Å². The van der Waals surface area contributed by atoms with Gasteiger partial charge in [-0.1, -0.05) is 20.8 Å². The molecular weight excluding hydrogens is 254 g/mol. The lowest BCUT2D eigenvalue weighted by Crippen LogP contribution is -2.39. The van der Waals surface area contributed by atoms with Crippen LogP contribution in [-0.2, 0) is 6.42 Å². The van der Waals surface area contributed by atoms with Crippen LogP contribution in [0, 0.1) is 11.8 Å². The van der Waals surface area contributed by atoms with Crippen molar-refractivity contribution in [2.24, 2.45) is 11.8 Å². The van der Waals surface area contributed by atoms with E-state index in [-0.39, 0.29) is 0 Å². The monoisotopic (exact) mass is 275 g/mol. The number of nitrogens with zero attached hydrogens (tertiary/aromatic N) is 3. The number of fused-ring (bicyclic) bond motifs is 1. The predicted molar refractivity (Wildman–Crippen MR) is 82.0 cm³/mol. The van der Waals surface area contributed by atoms with Crippen molar-refractivity contribution in [3.8, 4) is 0 Å². The molecule has 3 heterocycles. The van der Waals surface area contributed by atoms with Crippen molar-refractivity contribution in [3.05, 3.63) is 17.3 Å². The van der Waals surface area contributed by atoms with Crippen molar-refractivity contribution in [2.75, 3.05) is 18.0 Å². The predicted octanol–water partition coefficient (Wildman–Crippen LogP) is 3.74. The van der Waals surface area contributed by atoms with Crippen LogP contribution >= 0.6 is 11.3 Å². The molecule has 0 aromatic carbocycles. The topological polar surface area (TPSA) is 29.0 Å². The van der Waals surface area contributed by atoms with Crippen molar-refractivity contribution in [1.82, 2.24) is 9.97 Å². The van der Waals surface area contributed by atoms with Crippen molar-refractivity contribution < 1.29 is 0 Å². The molecule has 0 saturated carbocycles. The summed E-state index contributed by atoms with van der Waals surface area (Å²) in [7, 11) is 0. The van der Waals surface area contributed by atoms with Gasteiger partial charge in [0.1, 0.15) is 17.0 Å². The number of rotatable bonds is 2. The molecule has 2 atom stereocenters. The van der Waals surface area contributed by atoms with Crippen LogP contribution in [0.5, 0.6) is 0 Å². The molecule has 102 valence electrons. The van der Waals surface area contributed by atoms with Gasteiger partial charge in [0.05, 0.1) is 5.39 Å². The molecular formula is C15H21N3S. The van der Waals surface area contributed by atoms with E-state index >= 15 is 0 Å². The molecule has 0 spiro atoms. The number of aromatic nitrogens is 2. The molecule has 2 aromatic rings. The summed E-state index contributed by atoms with van der Waals surface area (Å²) in [5.74, 6) is 2.63. The summed E-state index contributed by atoms with van der Waals surface area (Å²) >= 11 is 1.80. The van der Waals surface area contributed by atoms with Gasteiger partial charge < -0.3 is 4.90 Å². The largest absolute Gasteiger partial charge is 0.355 e. The Morgan fingerprint density at radius 2 is 2.00 bits per heavy atom. The molecule has 4 heteroatoms. The van der Waals surface area contributed by atoms with Gasteiger partial charge in [0.25, 0.3) is 0 Å². The van der Waals surface area contributed by atoms with Crippen LogP contribution in [-0.4, -0.2) is 23.1 Å². The Balaban J connectivity index is 2.01. The van der Waals surface area contributed by atoms with Gasteiger partial charge in [-0.25, -0.2) is 9.97 Å². The second-order valence-corrected chi connectivity index (χ2v) is 6.95. The van der Waals surface area contributed by atoms with Gasteiger partial charge in [0.2, 0.25) is 0 Å². The number of anilines is 1. The SMILES string of the molecule is CCc1cc2c(N3CC(C)CC(C)C3)ncnc2s1. The normalized spacial score (nSPS) is 24.1. The average Bonchev–Trinajstić information content (AvgIpc) is 2.80. The molecule has 3 nitrogen and oxygen atoms in total. The van der Waals surface area contributed by atoms with Gasteiger partial charge in [-0.2, -0.15) is 0 Å². The highest BCUT2D eigenvalue weighted by molar-refractivity contribution is 7.18. The Kier molecular flexibility index (Phi) is 3.44. The van der Waals surface area contributed by atoms with Crippen LogP contribution in [0.15, 0.2) is 12.4 Å². The summed E-state index contributed by atoms with van der Waals surface area (Å²) in [5, 5.41) is 1.24. The lowest BCUT2D eigenvalue weighted by Gasteiger charge is -2.36. The summed E-state index contributed by atoms with van der Waals surface area (Å²) in [5.41, 5.74) is 0. The highest BCUT2D eigenvalue weighted by atomic mass is 32.1. The third-order valence-corrected chi connectivity index (χ3v) is 5.06. The molecule has 0 N–H and O–H groups in total. The molecule has 0 amide bonds. The van der Waals surface area contributed by atoms with Gasteiger partial charge in [-0.3, -0.25) is 0 Å². The van der Waals surface area contributed by atoms with E-state index in [0.717, 1.165) is 42.0 Å². The number of hydrogen-bond donors (Lipinski definition) is 0. The molecule has 0 bridgehead atoms. The quantitative estimate of drug-likeness (QED) is 0.836. The summed E-state index contributed by atoms with van der Waals surface area (Å²) in [6.07, 6.45) is 4.12. The van der Waals surface area contributed by atoms with Crippen molar-refractivity contribution >= 4 is 27.4 Å². The van der Waals surface area contributed by atoms with Gasteiger partial charge in [-0.15, -0.1) is 11.3 Å². The lowest BCUT2D eigenvalue weighted by molar-refractivity contribution is 0.356. The summed E-state index contributed by atoms with van der Waals surface area (Å²) in [4.78, 5) is 14.0. The van der Waals surface area contributed by atoms with E-state index in [4.69, 9.17) is 0 Å². The maximum Gasteiger partial charge on any atom is 0.140 e. The second kappa shape index (κ2) is 5.08. The van der Waals surface area contributed by atoms with E-state index < -0.39 is 0 Å². The maximum absolute atomic E-state index is 4.57. The second-order valence-electron chi connectivity index (χ2n) is 5.83. The first-order valence-electron chi connectivity index (χ1n) is 7.15. The zero-order chi connectivity index (χ0) is 13.4. The fourth-order valence-corrected chi connectivity index (χ4v) is 4.08. The van der Waals surface area contributed by atoms with E-state index in [0.29, 0.717) is 0 Å². The molecule has 0 radical (unpaired) electrons. The van der Waals surface area contributed by atoms with Gasteiger partial charge >= 0.3 is 0 Å². The number of hydrogen-bond acceptors (Lipinski definition) is 4. The van der Waals surface area contributed by atoms with E-state index in [9.17, 15) is 0 Å². The molecule has 19 heavy (non-hydrogen) atoms. The summed E-state index contributed by atoms with van der Waals surface area (Å²) < 4.78 is 0. The van der Waals surface area contributed by atoms with E-state index in [1.807, 2.05) is 0 Å². The Labute approximate surface area is 118 Å². The number of piperidine rings is 1. The molecule has 1 saturated heterocycles. The third-order valence-electron chi connectivity index (χ3n) is 3.88. The minimum absolute atomic E-state index is 0.748. The summed E-state index contributed by atoms with van der Waals surface area (Å²) in [6.45, 7) is 9.11. The minimum Gasteiger partial charge on any atom is -0.355 e. The smallest absolute Gasteiger partial charge is 0.140 e. The number of thiophene rings is 1. The first kappa shape index (κ1) is 12.9. The van der Waals surface area contributed by atoms with Gasteiger partial charge in [-0.05, 0) is 30.7 Å². The third kappa shape index (κ3) is 2.46. The van der Waals surface area contributed by atoms with Crippen LogP contribution in [0.2, 0.25) is 0 Å². The summed E-state index contributed by atoms with van der Waals surface area (Å²) in [6, 6.07) is 2.28. The van der Waals surface area contributed by atoms with Crippen molar-refractivity contribution in [3.63, 3.8) is 0 Å². The molecule has 2 aromatic heterocycles. The molecule has 1 aliphatic heterocycles. The lowest BCUT2D eigenvalue weighted by atomic mass is 9.92. The standard InChI is InChI=1S/C15H21N3S/c1-4-12-6-13-14(16-9-17-15(13)19-12)18-7-10(2)5-11(3)8-18/h6,9-11H,4-5,7-8H2,1-3H3. The molecule has 0 aliphatic carbocycles. The Morgan fingerprint density at radius 3 is 2.68 bits per heavy atom. The van der Waals surface area contributed by atoms with Gasteiger partial charge in [0, 0.05) is 18.0 Å². The van der Waals surface area contributed by atoms with Crippen LogP contribution in [0.3, 0.4) is 0 Å². The number of aryl methyl sites for hydroxylation is 1. The molecule has 2 unspecified atom stereocenters. The van der Waals surface area contributed by atoms with Crippen LogP contribution in [0.4, 0.5) is 5.82 Å². The van der Waals surface area contributed by atoms with Crippen molar-refractivity contribution in [1.29, 1.82) is 0 Å². The first-order valence-corrected chi connectivity index (χ1v) is 7.97. The first-order chi connectivity index (χ1) is 9.17. The highest BCUT2D eigenvalue weighted by Crippen LogP contribution is 2.33. The molecule has 1 aliphatic rings. The maximum atomic E-state index is 4.57. The molecule has 1 fully saturated rings. The zero-order valence-corrected chi connectivity index (χ0v) is 12.7.